The van der Waals surface area contributed by atoms with Gasteiger partial charge in [0.25, 0.3) is 0 Å². The Morgan fingerprint density at radius 1 is 1.19 bits per heavy atom. The molecule has 5 heteroatoms. The highest BCUT2D eigenvalue weighted by molar-refractivity contribution is 9.10. The Kier molecular flexibility index (Phi) is 6.06. The predicted molar refractivity (Wildman–Crippen MR) is 90.7 cm³/mol. The van der Waals surface area contributed by atoms with Crippen LogP contribution in [0.5, 0.6) is 5.75 Å². The van der Waals surface area contributed by atoms with Gasteiger partial charge in [-0.15, -0.1) is 0 Å². The normalized spacial score (nSPS) is 12.2. The van der Waals surface area contributed by atoms with E-state index in [1.54, 1.807) is 7.11 Å². The average molecular weight is 370 g/mol. The van der Waals surface area contributed by atoms with Crippen molar-refractivity contribution in [1.82, 2.24) is 5.43 Å². The van der Waals surface area contributed by atoms with Gasteiger partial charge in [0.05, 0.1) is 7.11 Å². The SMILES string of the molecule is COc1ccc(Cl)cc1CC(Cc1ccc(Br)cc1)NN. The van der Waals surface area contributed by atoms with Crippen LogP contribution in [0.2, 0.25) is 5.02 Å². The number of hydrogen-bond donors (Lipinski definition) is 2. The van der Waals surface area contributed by atoms with Gasteiger partial charge in [-0.3, -0.25) is 11.3 Å². The van der Waals surface area contributed by atoms with Crippen LogP contribution in [0.1, 0.15) is 11.1 Å². The van der Waals surface area contributed by atoms with Crippen LogP contribution in [0.25, 0.3) is 0 Å². The minimum atomic E-state index is 0.110. The maximum atomic E-state index is 6.07. The van der Waals surface area contributed by atoms with Gasteiger partial charge in [0.15, 0.2) is 0 Å². The van der Waals surface area contributed by atoms with Gasteiger partial charge in [-0.25, -0.2) is 0 Å². The lowest BCUT2D eigenvalue weighted by Gasteiger charge is -2.18. The highest BCUT2D eigenvalue weighted by Crippen LogP contribution is 2.24. The van der Waals surface area contributed by atoms with E-state index >= 15 is 0 Å². The molecule has 0 heterocycles. The summed E-state index contributed by atoms with van der Waals surface area (Å²) >= 11 is 9.50. The summed E-state index contributed by atoms with van der Waals surface area (Å²) in [4.78, 5) is 0. The molecule has 0 radical (unpaired) electrons. The summed E-state index contributed by atoms with van der Waals surface area (Å²) in [5, 5.41) is 0.699. The van der Waals surface area contributed by atoms with Gasteiger partial charge in [0.1, 0.15) is 5.75 Å². The number of hydrogen-bond acceptors (Lipinski definition) is 3. The molecule has 0 aliphatic heterocycles. The van der Waals surface area contributed by atoms with Gasteiger partial charge in [0, 0.05) is 15.5 Å². The van der Waals surface area contributed by atoms with E-state index in [1.165, 1.54) is 5.56 Å². The third kappa shape index (κ3) is 4.71. The van der Waals surface area contributed by atoms with Crippen LogP contribution in [0.4, 0.5) is 0 Å². The Hall–Kier alpha value is -1.07. The minimum absolute atomic E-state index is 0.110. The van der Waals surface area contributed by atoms with Crippen LogP contribution in [0.15, 0.2) is 46.9 Å². The fourth-order valence-electron chi connectivity index (χ4n) is 2.27. The van der Waals surface area contributed by atoms with E-state index in [1.807, 2.05) is 30.3 Å². The van der Waals surface area contributed by atoms with Crippen LogP contribution in [0, 0.1) is 0 Å². The van der Waals surface area contributed by atoms with Crippen molar-refractivity contribution in [1.29, 1.82) is 0 Å². The molecule has 1 unspecified atom stereocenters. The molecule has 2 aromatic carbocycles. The number of hydrazine groups is 1. The molecule has 2 rings (SSSR count). The van der Waals surface area contributed by atoms with Crippen LogP contribution in [-0.2, 0) is 12.8 Å². The molecule has 0 amide bonds. The molecule has 0 saturated carbocycles. The first-order valence-corrected chi connectivity index (χ1v) is 7.82. The third-order valence-corrected chi connectivity index (χ3v) is 4.10. The fourth-order valence-corrected chi connectivity index (χ4v) is 2.73. The second-order valence-corrected chi connectivity index (χ2v) is 6.21. The Labute approximate surface area is 138 Å². The molecule has 0 aliphatic rings. The molecule has 0 fully saturated rings. The first-order chi connectivity index (χ1) is 10.1. The highest BCUT2D eigenvalue weighted by atomic mass is 79.9. The number of nitrogens with two attached hydrogens (primary N) is 1. The molecule has 112 valence electrons. The maximum Gasteiger partial charge on any atom is 0.122 e. The van der Waals surface area contributed by atoms with E-state index in [0.717, 1.165) is 28.6 Å². The summed E-state index contributed by atoms with van der Waals surface area (Å²) in [6, 6.07) is 14.0. The Morgan fingerprint density at radius 2 is 1.90 bits per heavy atom. The van der Waals surface area contributed by atoms with E-state index in [2.05, 4.69) is 33.5 Å². The van der Waals surface area contributed by atoms with Gasteiger partial charge in [-0.2, -0.15) is 0 Å². The van der Waals surface area contributed by atoms with Crippen LogP contribution >= 0.6 is 27.5 Å². The third-order valence-electron chi connectivity index (χ3n) is 3.34. The maximum absolute atomic E-state index is 6.07. The fraction of sp³-hybridized carbons (Fsp3) is 0.250. The Balaban J connectivity index is 2.11. The monoisotopic (exact) mass is 368 g/mol. The second-order valence-electron chi connectivity index (χ2n) is 4.85. The largest absolute Gasteiger partial charge is 0.496 e. The van der Waals surface area contributed by atoms with Gasteiger partial charge in [-0.1, -0.05) is 39.7 Å². The molecule has 21 heavy (non-hydrogen) atoms. The smallest absolute Gasteiger partial charge is 0.122 e. The van der Waals surface area contributed by atoms with Gasteiger partial charge >= 0.3 is 0 Å². The molecular weight excluding hydrogens is 352 g/mol. The molecule has 1 atom stereocenters. The van der Waals surface area contributed by atoms with E-state index in [0.29, 0.717) is 5.02 Å². The summed E-state index contributed by atoms with van der Waals surface area (Å²) in [6.07, 6.45) is 1.58. The molecule has 2 aromatic rings. The van der Waals surface area contributed by atoms with Crippen LogP contribution < -0.4 is 16.0 Å². The number of benzene rings is 2. The molecule has 0 aromatic heterocycles. The molecule has 0 aliphatic carbocycles. The van der Waals surface area contributed by atoms with Crippen molar-refractivity contribution >= 4 is 27.5 Å². The van der Waals surface area contributed by atoms with Crippen molar-refractivity contribution in [3.05, 3.63) is 63.1 Å². The number of ether oxygens (including phenoxy) is 1. The zero-order chi connectivity index (χ0) is 15.2. The molecule has 0 saturated heterocycles. The molecule has 0 bridgehead atoms. The predicted octanol–water partition coefficient (Wildman–Crippen LogP) is 3.73. The Morgan fingerprint density at radius 3 is 2.52 bits per heavy atom. The zero-order valence-electron chi connectivity index (χ0n) is 11.8. The van der Waals surface area contributed by atoms with Crippen LogP contribution in [0.3, 0.4) is 0 Å². The van der Waals surface area contributed by atoms with Crippen molar-refractivity contribution in [3.8, 4) is 5.75 Å². The number of halogens is 2. The quantitative estimate of drug-likeness (QED) is 0.602. The van der Waals surface area contributed by atoms with Crippen molar-refractivity contribution in [2.45, 2.75) is 18.9 Å². The summed E-state index contributed by atoms with van der Waals surface area (Å²) in [6.45, 7) is 0. The van der Waals surface area contributed by atoms with Gasteiger partial charge in [-0.05, 0) is 54.3 Å². The summed E-state index contributed by atoms with van der Waals surface area (Å²) in [7, 11) is 1.66. The van der Waals surface area contributed by atoms with E-state index in [4.69, 9.17) is 22.2 Å². The lowest BCUT2D eigenvalue weighted by Crippen LogP contribution is -2.38. The van der Waals surface area contributed by atoms with Crippen molar-refractivity contribution < 1.29 is 4.74 Å². The first-order valence-electron chi connectivity index (χ1n) is 6.65. The first kappa shape index (κ1) is 16.3. The summed E-state index contributed by atoms with van der Waals surface area (Å²) in [5.74, 6) is 6.52. The molecule has 3 N–H and O–H groups in total. The zero-order valence-corrected chi connectivity index (χ0v) is 14.1. The lowest BCUT2D eigenvalue weighted by atomic mass is 9.99. The van der Waals surface area contributed by atoms with E-state index in [9.17, 15) is 0 Å². The second kappa shape index (κ2) is 7.80. The van der Waals surface area contributed by atoms with Gasteiger partial charge < -0.3 is 4.74 Å². The number of rotatable bonds is 6. The summed E-state index contributed by atoms with van der Waals surface area (Å²) in [5.41, 5.74) is 5.14. The van der Waals surface area contributed by atoms with E-state index < -0.39 is 0 Å². The van der Waals surface area contributed by atoms with E-state index in [-0.39, 0.29) is 6.04 Å². The Bertz CT molecular complexity index is 589. The molecule has 3 nitrogen and oxygen atoms in total. The standard InChI is InChI=1S/C16H18BrClN2O/c1-21-16-7-6-14(18)9-12(16)10-15(20-19)8-11-2-4-13(17)5-3-11/h2-7,9,15,20H,8,10,19H2,1H3. The lowest BCUT2D eigenvalue weighted by molar-refractivity contribution is 0.404. The van der Waals surface area contributed by atoms with Crippen molar-refractivity contribution in [3.63, 3.8) is 0 Å². The van der Waals surface area contributed by atoms with Crippen molar-refractivity contribution in [2.75, 3.05) is 7.11 Å². The summed E-state index contributed by atoms with van der Waals surface area (Å²) < 4.78 is 6.45. The van der Waals surface area contributed by atoms with Crippen molar-refractivity contribution in [2.24, 2.45) is 5.84 Å². The number of methoxy groups -OCH3 is 1. The molecule has 0 spiro atoms. The molecular formula is C16H18BrClN2O. The van der Waals surface area contributed by atoms with Crippen LogP contribution in [-0.4, -0.2) is 13.2 Å². The minimum Gasteiger partial charge on any atom is -0.496 e. The highest BCUT2D eigenvalue weighted by Gasteiger charge is 2.13. The van der Waals surface area contributed by atoms with Gasteiger partial charge in [0.2, 0.25) is 0 Å². The number of nitrogens with one attached hydrogen (secondary N) is 1. The topological polar surface area (TPSA) is 47.3 Å². The average Bonchev–Trinajstić information content (AvgIpc) is 2.49.